The molecule has 0 aromatic carbocycles. The molecule has 0 aromatic rings. The summed E-state index contributed by atoms with van der Waals surface area (Å²) < 4.78 is 1.42. The second-order valence-corrected chi connectivity index (χ2v) is 4.04. The maximum Gasteiger partial charge on any atom is 0.133 e. The van der Waals surface area contributed by atoms with Gasteiger partial charge in [-0.15, -0.1) is 0 Å². The first kappa shape index (κ1) is 8.24. The van der Waals surface area contributed by atoms with Crippen molar-refractivity contribution < 1.29 is 4.79 Å². The van der Waals surface area contributed by atoms with Crippen LogP contribution in [0.2, 0.25) is 0 Å². The number of carbonyl (C=O) groups is 1. The maximum absolute atomic E-state index is 10.7. The second-order valence-electron chi connectivity index (χ2n) is 2.74. The minimum atomic E-state index is 0.297. The third-order valence-electron chi connectivity index (χ3n) is 1.72. The van der Waals surface area contributed by atoms with Crippen LogP contribution in [0.3, 0.4) is 0 Å². The van der Waals surface area contributed by atoms with Crippen LogP contribution in [0.15, 0.2) is 9.15 Å². The van der Waals surface area contributed by atoms with E-state index in [0.717, 1.165) is 6.42 Å². The van der Waals surface area contributed by atoms with Crippen LogP contribution in [-0.4, -0.2) is 5.78 Å². The molecule has 1 rings (SSSR count). The van der Waals surface area contributed by atoms with E-state index in [0.29, 0.717) is 12.2 Å². The molecule has 10 heavy (non-hydrogen) atoms. The van der Waals surface area contributed by atoms with Gasteiger partial charge in [0.2, 0.25) is 0 Å². The minimum absolute atomic E-state index is 0.297. The average molecular weight is 250 g/mol. The topological polar surface area (TPSA) is 17.1 Å². The summed E-state index contributed by atoms with van der Waals surface area (Å²) in [6.45, 7) is 1.66. The Morgan fingerprint density at radius 1 is 1.60 bits per heavy atom. The van der Waals surface area contributed by atoms with E-state index in [2.05, 4.69) is 22.6 Å². The van der Waals surface area contributed by atoms with Gasteiger partial charge in [0.1, 0.15) is 5.78 Å². The standard InChI is InChI=1S/C8H11IO/c1-6(10)5-7-3-2-4-8(7)9/h2-5H2,1H3. The first-order chi connectivity index (χ1) is 4.70. The van der Waals surface area contributed by atoms with Crippen LogP contribution in [0.4, 0.5) is 0 Å². The third kappa shape index (κ3) is 2.08. The fraction of sp³-hybridized carbons (Fsp3) is 0.625. The Labute approximate surface area is 75.0 Å². The summed E-state index contributed by atoms with van der Waals surface area (Å²) >= 11 is 2.35. The predicted octanol–water partition coefficient (Wildman–Crippen LogP) is 2.84. The summed E-state index contributed by atoms with van der Waals surface area (Å²) in [5.41, 5.74) is 1.38. The molecule has 0 atom stereocenters. The highest BCUT2D eigenvalue weighted by Crippen LogP contribution is 2.32. The minimum Gasteiger partial charge on any atom is -0.300 e. The normalized spacial score (nSPS) is 18.2. The number of rotatable bonds is 2. The van der Waals surface area contributed by atoms with E-state index < -0.39 is 0 Å². The van der Waals surface area contributed by atoms with E-state index in [4.69, 9.17) is 0 Å². The summed E-state index contributed by atoms with van der Waals surface area (Å²) in [6.07, 6.45) is 4.29. The summed E-state index contributed by atoms with van der Waals surface area (Å²) in [5.74, 6) is 0.297. The molecule has 0 aromatic heterocycles. The molecular formula is C8H11IO. The lowest BCUT2D eigenvalue weighted by atomic mass is 10.1. The first-order valence-electron chi connectivity index (χ1n) is 3.56. The molecule has 2 heteroatoms. The highest BCUT2D eigenvalue weighted by atomic mass is 127. The van der Waals surface area contributed by atoms with E-state index in [1.54, 1.807) is 6.92 Å². The van der Waals surface area contributed by atoms with E-state index in [1.165, 1.54) is 22.0 Å². The van der Waals surface area contributed by atoms with Gasteiger partial charge >= 0.3 is 0 Å². The van der Waals surface area contributed by atoms with Gasteiger partial charge in [0.25, 0.3) is 0 Å². The number of Topliss-reactive ketones (excluding diaryl/α,β-unsaturated/α-hetero) is 1. The van der Waals surface area contributed by atoms with E-state index >= 15 is 0 Å². The number of allylic oxidation sites excluding steroid dienone is 2. The van der Waals surface area contributed by atoms with Crippen molar-refractivity contribution in [2.75, 3.05) is 0 Å². The highest BCUT2D eigenvalue weighted by Gasteiger charge is 2.12. The zero-order valence-electron chi connectivity index (χ0n) is 6.11. The van der Waals surface area contributed by atoms with Crippen LogP contribution < -0.4 is 0 Å². The van der Waals surface area contributed by atoms with Crippen molar-refractivity contribution in [3.63, 3.8) is 0 Å². The molecule has 0 unspecified atom stereocenters. The Balaban J connectivity index is 2.54. The lowest BCUT2D eigenvalue weighted by Crippen LogP contribution is -1.91. The van der Waals surface area contributed by atoms with Crippen LogP contribution in [0.1, 0.15) is 32.6 Å². The molecule has 0 saturated carbocycles. The highest BCUT2D eigenvalue weighted by molar-refractivity contribution is 14.1. The third-order valence-corrected chi connectivity index (χ3v) is 3.02. The van der Waals surface area contributed by atoms with Crippen molar-refractivity contribution in [3.05, 3.63) is 9.15 Å². The molecular weight excluding hydrogens is 239 g/mol. The molecule has 1 aliphatic rings. The second kappa shape index (κ2) is 3.51. The van der Waals surface area contributed by atoms with Crippen LogP contribution >= 0.6 is 22.6 Å². The molecule has 0 N–H and O–H groups in total. The molecule has 1 nitrogen and oxygen atoms in total. The molecule has 1 aliphatic carbocycles. The van der Waals surface area contributed by atoms with Gasteiger partial charge in [-0.3, -0.25) is 4.79 Å². The van der Waals surface area contributed by atoms with Crippen molar-refractivity contribution in [3.8, 4) is 0 Å². The van der Waals surface area contributed by atoms with Gasteiger partial charge in [-0.2, -0.15) is 0 Å². The Morgan fingerprint density at radius 3 is 2.70 bits per heavy atom. The summed E-state index contributed by atoms with van der Waals surface area (Å²) in [4.78, 5) is 10.7. The van der Waals surface area contributed by atoms with Crippen molar-refractivity contribution >= 4 is 28.4 Å². The Morgan fingerprint density at radius 2 is 2.30 bits per heavy atom. The lowest BCUT2D eigenvalue weighted by Gasteiger charge is -1.96. The van der Waals surface area contributed by atoms with Gasteiger partial charge in [0, 0.05) is 6.42 Å². The van der Waals surface area contributed by atoms with Crippen LogP contribution in [0.25, 0.3) is 0 Å². The fourth-order valence-electron chi connectivity index (χ4n) is 1.25. The van der Waals surface area contributed by atoms with Crippen molar-refractivity contribution in [2.45, 2.75) is 32.6 Å². The van der Waals surface area contributed by atoms with E-state index in [1.807, 2.05) is 0 Å². The molecule has 0 radical (unpaired) electrons. The van der Waals surface area contributed by atoms with Gasteiger partial charge in [0.05, 0.1) is 0 Å². The Bertz CT molecular complexity index is 182. The Hall–Kier alpha value is 0.140. The van der Waals surface area contributed by atoms with Gasteiger partial charge < -0.3 is 0 Å². The van der Waals surface area contributed by atoms with Crippen molar-refractivity contribution in [1.82, 2.24) is 0 Å². The van der Waals surface area contributed by atoms with Gasteiger partial charge in [-0.25, -0.2) is 0 Å². The molecule has 0 heterocycles. The van der Waals surface area contributed by atoms with Crippen molar-refractivity contribution in [2.24, 2.45) is 0 Å². The lowest BCUT2D eigenvalue weighted by molar-refractivity contribution is -0.116. The number of hydrogen-bond donors (Lipinski definition) is 0. The number of carbonyl (C=O) groups excluding carboxylic acids is 1. The van der Waals surface area contributed by atoms with Gasteiger partial charge in [-0.05, 0) is 52.4 Å². The molecule has 56 valence electrons. The zero-order valence-corrected chi connectivity index (χ0v) is 8.27. The van der Waals surface area contributed by atoms with E-state index in [-0.39, 0.29) is 0 Å². The number of halogens is 1. The summed E-state index contributed by atoms with van der Waals surface area (Å²) in [6, 6.07) is 0. The van der Waals surface area contributed by atoms with Crippen molar-refractivity contribution in [1.29, 1.82) is 0 Å². The Kier molecular flexibility index (Phi) is 2.89. The number of hydrogen-bond acceptors (Lipinski definition) is 1. The van der Waals surface area contributed by atoms with E-state index in [9.17, 15) is 4.79 Å². The quantitative estimate of drug-likeness (QED) is 0.688. The predicted molar refractivity (Wildman–Crippen MR) is 50.2 cm³/mol. The van der Waals surface area contributed by atoms with Crippen LogP contribution in [0, 0.1) is 0 Å². The summed E-state index contributed by atoms with van der Waals surface area (Å²) in [7, 11) is 0. The smallest absolute Gasteiger partial charge is 0.133 e. The molecule has 0 aliphatic heterocycles. The monoisotopic (exact) mass is 250 g/mol. The molecule has 0 amide bonds. The molecule has 0 bridgehead atoms. The van der Waals surface area contributed by atoms with Gasteiger partial charge in [-0.1, -0.05) is 5.57 Å². The summed E-state index contributed by atoms with van der Waals surface area (Å²) in [5, 5.41) is 0. The van der Waals surface area contributed by atoms with Gasteiger partial charge in [0.15, 0.2) is 0 Å². The molecule has 0 saturated heterocycles. The SMILES string of the molecule is CC(=O)CC1=C(I)CCC1. The van der Waals surface area contributed by atoms with Crippen LogP contribution in [-0.2, 0) is 4.79 Å². The molecule has 0 fully saturated rings. The maximum atomic E-state index is 10.7. The average Bonchev–Trinajstić information content (AvgIpc) is 2.15. The fourth-order valence-corrected chi connectivity index (χ4v) is 2.10. The largest absolute Gasteiger partial charge is 0.300 e. The zero-order chi connectivity index (χ0) is 7.56. The first-order valence-corrected chi connectivity index (χ1v) is 4.64. The molecule has 0 spiro atoms. The van der Waals surface area contributed by atoms with Crippen LogP contribution in [0.5, 0.6) is 0 Å². The number of ketones is 1.